The standard InChI is InChI=1S/C15H9Cl2N3O2S3/c16-9-2-1-7(3-10(9)17)6-24-14-18-8(5-12(21)19-14)4-11-13(22)20-15(23)25-11/h1-5H,6H2,(H,18,19,21)(H,20,22,23)/b11-4-. The van der Waals surface area contributed by atoms with E-state index in [2.05, 4.69) is 15.3 Å². The minimum absolute atomic E-state index is 0.290. The maximum Gasteiger partial charge on any atom is 0.263 e. The van der Waals surface area contributed by atoms with Crippen molar-refractivity contribution in [2.75, 3.05) is 0 Å². The first kappa shape index (κ1) is 18.5. The van der Waals surface area contributed by atoms with E-state index in [0.29, 0.717) is 35.9 Å². The van der Waals surface area contributed by atoms with Crippen molar-refractivity contribution < 1.29 is 4.79 Å². The maximum absolute atomic E-state index is 11.8. The van der Waals surface area contributed by atoms with Gasteiger partial charge in [0.2, 0.25) is 0 Å². The summed E-state index contributed by atoms with van der Waals surface area (Å²) in [5.41, 5.74) is 1.04. The molecule has 3 rings (SSSR count). The fraction of sp³-hybridized carbons (Fsp3) is 0.0667. The highest BCUT2D eigenvalue weighted by Crippen LogP contribution is 2.27. The first-order chi connectivity index (χ1) is 11.9. The van der Waals surface area contributed by atoms with Crippen molar-refractivity contribution >= 4 is 75.2 Å². The van der Waals surface area contributed by atoms with Gasteiger partial charge in [-0.15, -0.1) is 0 Å². The lowest BCUT2D eigenvalue weighted by Crippen LogP contribution is -2.17. The highest BCUT2D eigenvalue weighted by atomic mass is 35.5. The summed E-state index contributed by atoms with van der Waals surface area (Å²) < 4.78 is 0.385. The zero-order valence-electron chi connectivity index (χ0n) is 12.3. The van der Waals surface area contributed by atoms with Crippen LogP contribution in [0, 0.1) is 0 Å². The summed E-state index contributed by atoms with van der Waals surface area (Å²) in [5.74, 6) is 0.265. The quantitative estimate of drug-likeness (QED) is 0.332. The maximum atomic E-state index is 11.8. The third-order valence-corrected chi connectivity index (χ3v) is 5.87. The molecule has 1 aromatic heterocycles. The summed E-state index contributed by atoms with van der Waals surface area (Å²) in [6, 6.07) is 6.66. The molecule has 128 valence electrons. The number of hydrogen-bond donors (Lipinski definition) is 2. The number of amides is 1. The zero-order valence-corrected chi connectivity index (χ0v) is 16.3. The van der Waals surface area contributed by atoms with E-state index < -0.39 is 0 Å². The van der Waals surface area contributed by atoms with Gasteiger partial charge in [-0.2, -0.15) is 0 Å². The predicted octanol–water partition coefficient (Wildman–Crippen LogP) is 3.86. The van der Waals surface area contributed by atoms with Gasteiger partial charge >= 0.3 is 0 Å². The number of H-pyrrole nitrogens is 1. The number of thiocarbonyl (C=S) groups is 1. The van der Waals surface area contributed by atoms with Gasteiger partial charge in [0.05, 0.1) is 20.6 Å². The Bertz CT molecular complexity index is 959. The van der Waals surface area contributed by atoms with Crippen molar-refractivity contribution in [1.82, 2.24) is 15.3 Å². The number of hydrogen-bond acceptors (Lipinski definition) is 6. The summed E-state index contributed by atoms with van der Waals surface area (Å²) in [5, 5.41) is 3.92. The monoisotopic (exact) mass is 429 g/mol. The molecule has 1 aliphatic rings. The smallest absolute Gasteiger partial charge is 0.263 e. The van der Waals surface area contributed by atoms with Crippen LogP contribution in [-0.4, -0.2) is 20.2 Å². The number of carbonyl (C=O) groups is 1. The number of thioether (sulfide) groups is 2. The van der Waals surface area contributed by atoms with Gasteiger partial charge in [0.15, 0.2) is 5.16 Å². The molecule has 1 saturated heterocycles. The van der Waals surface area contributed by atoms with Gasteiger partial charge < -0.3 is 10.3 Å². The van der Waals surface area contributed by atoms with Crippen molar-refractivity contribution in [2.45, 2.75) is 10.9 Å². The Morgan fingerprint density at radius 1 is 1.24 bits per heavy atom. The first-order valence-electron chi connectivity index (χ1n) is 6.83. The molecule has 25 heavy (non-hydrogen) atoms. The van der Waals surface area contributed by atoms with E-state index in [1.807, 2.05) is 6.07 Å². The van der Waals surface area contributed by atoms with Gasteiger partial charge in [0.1, 0.15) is 4.32 Å². The molecule has 1 amide bonds. The Labute approximate surface area is 166 Å². The van der Waals surface area contributed by atoms with E-state index in [-0.39, 0.29) is 11.5 Å². The second kappa shape index (κ2) is 7.92. The highest BCUT2D eigenvalue weighted by Gasteiger charge is 2.22. The predicted molar refractivity (Wildman–Crippen MR) is 107 cm³/mol. The third-order valence-electron chi connectivity index (χ3n) is 3.02. The van der Waals surface area contributed by atoms with Crippen LogP contribution < -0.4 is 10.9 Å². The van der Waals surface area contributed by atoms with E-state index in [1.54, 1.807) is 12.1 Å². The van der Waals surface area contributed by atoms with Crippen LogP contribution in [0.25, 0.3) is 6.08 Å². The number of nitrogens with one attached hydrogen (secondary N) is 2. The fourth-order valence-electron chi connectivity index (χ4n) is 1.93. The molecular weight excluding hydrogens is 421 g/mol. The van der Waals surface area contributed by atoms with Gasteiger partial charge in [-0.3, -0.25) is 9.59 Å². The Morgan fingerprint density at radius 3 is 2.72 bits per heavy atom. The highest BCUT2D eigenvalue weighted by molar-refractivity contribution is 8.26. The van der Waals surface area contributed by atoms with Gasteiger partial charge in [0.25, 0.3) is 11.5 Å². The van der Waals surface area contributed by atoms with E-state index >= 15 is 0 Å². The molecule has 1 fully saturated rings. The third kappa shape index (κ3) is 4.86. The Balaban J connectivity index is 1.78. The molecule has 1 aliphatic heterocycles. The normalized spacial score (nSPS) is 15.7. The molecule has 2 aromatic rings. The summed E-state index contributed by atoms with van der Waals surface area (Å²) in [4.78, 5) is 30.9. The summed E-state index contributed by atoms with van der Waals surface area (Å²) >= 11 is 19.3. The molecule has 2 N–H and O–H groups in total. The molecule has 1 aromatic carbocycles. The van der Waals surface area contributed by atoms with Crippen molar-refractivity contribution in [3.63, 3.8) is 0 Å². The zero-order chi connectivity index (χ0) is 18.0. The topological polar surface area (TPSA) is 74.8 Å². The SMILES string of the molecule is O=C1NC(=S)S/C1=C\c1cc(=O)[nH]c(SCc2ccc(Cl)c(Cl)c2)n1. The van der Waals surface area contributed by atoms with Crippen LogP contribution in [0.15, 0.2) is 39.1 Å². The minimum Gasteiger partial charge on any atom is -0.307 e. The van der Waals surface area contributed by atoms with Gasteiger partial charge in [-0.05, 0) is 23.8 Å². The number of halogens is 2. The van der Waals surface area contributed by atoms with Crippen molar-refractivity contribution in [1.29, 1.82) is 0 Å². The lowest BCUT2D eigenvalue weighted by Gasteiger charge is -2.04. The number of aromatic nitrogens is 2. The molecule has 10 heteroatoms. The van der Waals surface area contributed by atoms with Crippen molar-refractivity contribution in [3.05, 3.63) is 60.8 Å². The van der Waals surface area contributed by atoms with Crippen LogP contribution in [0.1, 0.15) is 11.3 Å². The van der Waals surface area contributed by atoms with E-state index in [9.17, 15) is 9.59 Å². The number of carbonyl (C=O) groups excluding carboxylic acids is 1. The molecule has 0 unspecified atom stereocenters. The molecule has 0 atom stereocenters. The van der Waals surface area contributed by atoms with Gasteiger partial charge in [0, 0.05) is 11.8 Å². The Morgan fingerprint density at radius 2 is 2.04 bits per heavy atom. The average molecular weight is 430 g/mol. The molecule has 0 spiro atoms. The van der Waals surface area contributed by atoms with Crippen LogP contribution in [0.2, 0.25) is 10.0 Å². The van der Waals surface area contributed by atoms with Crippen molar-refractivity contribution in [2.24, 2.45) is 0 Å². The van der Waals surface area contributed by atoms with Crippen molar-refractivity contribution in [3.8, 4) is 0 Å². The number of aromatic amines is 1. The molecule has 0 aliphatic carbocycles. The minimum atomic E-state index is -0.301. The molecule has 0 radical (unpaired) electrons. The largest absolute Gasteiger partial charge is 0.307 e. The number of nitrogens with zero attached hydrogens (tertiary/aromatic N) is 1. The Kier molecular flexibility index (Phi) is 5.85. The molecular formula is C15H9Cl2N3O2S3. The van der Waals surface area contributed by atoms with Crippen LogP contribution in [0.4, 0.5) is 0 Å². The summed E-state index contributed by atoms with van der Waals surface area (Å²) in [6.07, 6.45) is 1.54. The van der Waals surface area contributed by atoms with Crippen LogP contribution >= 0.6 is 58.9 Å². The molecule has 0 saturated carbocycles. The van der Waals surface area contributed by atoms with Crippen LogP contribution in [-0.2, 0) is 10.5 Å². The number of rotatable bonds is 4. The fourth-order valence-corrected chi connectivity index (χ4v) is 4.11. The van der Waals surface area contributed by atoms with E-state index in [4.69, 9.17) is 35.4 Å². The molecule has 0 bridgehead atoms. The first-order valence-corrected chi connectivity index (χ1v) is 9.80. The summed E-state index contributed by atoms with van der Waals surface area (Å²) in [6.45, 7) is 0. The Hall–Kier alpha value is -1.32. The van der Waals surface area contributed by atoms with Crippen LogP contribution in [0.3, 0.4) is 0 Å². The van der Waals surface area contributed by atoms with Gasteiger partial charge in [-0.25, -0.2) is 4.98 Å². The van der Waals surface area contributed by atoms with E-state index in [1.165, 1.54) is 23.9 Å². The lowest BCUT2D eigenvalue weighted by atomic mass is 10.2. The lowest BCUT2D eigenvalue weighted by molar-refractivity contribution is -0.115. The van der Waals surface area contributed by atoms with E-state index in [0.717, 1.165) is 17.3 Å². The number of benzene rings is 1. The van der Waals surface area contributed by atoms with Crippen LogP contribution in [0.5, 0.6) is 0 Å². The molecule has 5 nitrogen and oxygen atoms in total. The molecule has 2 heterocycles. The van der Waals surface area contributed by atoms with Gasteiger partial charge in [-0.1, -0.05) is 65.0 Å². The summed E-state index contributed by atoms with van der Waals surface area (Å²) in [7, 11) is 0. The average Bonchev–Trinajstić information content (AvgIpc) is 2.85. The second-order valence-corrected chi connectivity index (χ2v) is 8.36. The second-order valence-electron chi connectivity index (χ2n) is 4.86.